The molecule has 0 fully saturated rings. The van der Waals surface area contributed by atoms with E-state index in [9.17, 15) is 4.79 Å². The summed E-state index contributed by atoms with van der Waals surface area (Å²) in [6.07, 6.45) is 1.90. The van der Waals surface area contributed by atoms with Crippen LogP contribution < -0.4 is 0 Å². The Labute approximate surface area is 389 Å². The molecule has 20 heteroatoms. The topological polar surface area (TPSA) is 192 Å². The summed E-state index contributed by atoms with van der Waals surface area (Å²) in [7, 11) is 0. The zero-order valence-electron chi connectivity index (χ0n) is 40.3. The second kappa shape index (κ2) is 55.1. The van der Waals surface area contributed by atoms with Gasteiger partial charge in [0.15, 0.2) is 0 Å². The highest BCUT2D eigenvalue weighted by Crippen LogP contribution is 2.24. The summed E-state index contributed by atoms with van der Waals surface area (Å²) in [6, 6.07) is 0. The van der Waals surface area contributed by atoms with Crippen LogP contribution in [0.15, 0.2) is 12.7 Å². The molecule has 0 aliphatic heterocycles. The lowest BCUT2D eigenvalue weighted by Gasteiger charge is -2.32. The molecule has 0 heterocycles. The third-order valence-electron chi connectivity index (χ3n) is 8.60. The number of carbonyl (C=O) groups is 1. The maximum Gasteiger partial charge on any atom is 0.330 e. The Morgan fingerprint density at radius 1 is 0.308 bits per heavy atom. The number of esters is 1. The van der Waals surface area contributed by atoms with Crippen LogP contribution in [0, 0.1) is 5.41 Å². The lowest BCUT2D eigenvalue weighted by Crippen LogP contribution is -2.38. The van der Waals surface area contributed by atoms with Gasteiger partial charge in [0.2, 0.25) is 0 Å². The van der Waals surface area contributed by atoms with Gasteiger partial charge in [0.25, 0.3) is 0 Å². The lowest BCUT2D eigenvalue weighted by molar-refractivity contribution is -0.139. The van der Waals surface area contributed by atoms with Crippen molar-refractivity contribution in [3.05, 3.63) is 12.7 Å². The molecule has 0 aliphatic carbocycles. The molecule has 65 heavy (non-hydrogen) atoms. The van der Waals surface area contributed by atoms with E-state index in [1.54, 1.807) is 0 Å². The molecule has 0 aromatic heterocycles. The first kappa shape index (κ1) is 63.5. The highest BCUT2D eigenvalue weighted by atomic mass is 16.6. The zero-order valence-corrected chi connectivity index (χ0v) is 40.3. The van der Waals surface area contributed by atoms with E-state index >= 15 is 0 Å². The summed E-state index contributed by atoms with van der Waals surface area (Å²) < 4.78 is 105. The van der Waals surface area contributed by atoms with Crippen LogP contribution in [0.1, 0.15) is 27.2 Å². The Balaban J connectivity index is 4.18. The normalized spacial score (nSPS) is 11.8. The largest absolute Gasteiger partial charge is 0.460 e. The molecule has 0 saturated heterocycles. The maximum atomic E-state index is 10.9. The molecule has 0 aliphatic rings. The Morgan fingerprint density at radius 3 is 0.677 bits per heavy atom. The van der Waals surface area contributed by atoms with Crippen LogP contribution in [0.5, 0.6) is 0 Å². The van der Waals surface area contributed by atoms with E-state index in [2.05, 4.69) is 13.5 Å². The van der Waals surface area contributed by atoms with E-state index < -0.39 is 5.97 Å². The van der Waals surface area contributed by atoms with E-state index in [0.717, 1.165) is 12.5 Å². The minimum Gasteiger partial charge on any atom is -0.460 e. The first-order valence-corrected chi connectivity index (χ1v) is 23.3. The molecule has 388 valence electrons. The van der Waals surface area contributed by atoms with Crippen molar-refractivity contribution in [3.63, 3.8) is 0 Å². The van der Waals surface area contributed by atoms with Crippen molar-refractivity contribution in [2.24, 2.45) is 5.41 Å². The molecule has 0 aromatic rings. The van der Waals surface area contributed by atoms with Gasteiger partial charge in [-0.2, -0.15) is 0 Å². The highest BCUT2D eigenvalue weighted by Gasteiger charge is 2.30. The minimum atomic E-state index is -0.468. The lowest BCUT2D eigenvalue weighted by atomic mass is 9.88. The summed E-state index contributed by atoms with van der Waals surface area (Å²) in [5, 5.41) is 0. The molecule has 0 amide bonds. The standard InChI is InChI=1S/C45H88O20/c1-5-44(46)65-40-39-61-32-31-57-24-23-53-19-22-56-27-30-60-35-38-64-43-45(6-2,41-62-36-33-58-28-25-54-20-17-51-15-13-49-11-9-47-7-3)42-63-37-34-59-29-26-55-21-18-52-16-14-50-12-10-48-8-4/h5H,1,6-43H2,2-4H3. The molecule has 0 spiro atoms. The average Bonchev–Trinajstić information content (AvgIpc) is 3.32. The fourth-order valence-electron chi connectivity index (χ4n) is 4.94. The second-order valence-electron chi connectivity index (χ2n) is 13.7. The van der Waals surface area contributed by atoms with Crippen LogP contribution in [0.4, 0.5) is 0 Å². The van der Waals surface area contributed by atoms with Gasteiger partial charge in [0.1, 0.15) is 6.61 Å². The van der Waals surface area contributed by atoms with E-state index in [-0.39, 0.29) is 12.0 Å². The summed E-state index contributed by atoms with van der Waals surface area (Å²) in [5.41, 5.74) is -0.361. The average molecular weight is 949 g/mol. The quantitative estimate of drug-likeness (QED) is 0.0490. The Kier molecular flexibility index (Phi) is 53.8. The van der Waals surface area contributed by atoms with E-state index in [0.29, 0.717) is 238 Å². The van der Waals surface area contributed by atoms with Crippen LogP contribution in [0.25, 0.3) is 0 Å². The predicted molar refractivity (Wildman–Crippen MR) is 240 cm³/mol. The van der Waals surface area contributed by atoms with Crippen LogP contribution in [-0.2, 0) is 94.8 Å². The third-order valence-corrected chi connectivity index (χ3v) is 8.60. The SMILES string of the molecule is C=CC(=O)OCCOCCOCCOCCOCCOCCOCC(CC)(COCCOCCOCCOCCOCCOCC)COCCOCCOCCOCCOCCOCC. The summed E-state index contributed by atoms with van der Waals surface area (Å²) in [5.74, 6) is -0.468. The summed E-state index contributed by atoms with van der Waals surface area (Å²) in [4.78, 5) is 10.9. The Bertz CT molecular complexity index is 900. The number of ether oxygens (including phenoxy) is 19. The van der Waals surface area contributed by atoms with Crippen molar-refractivity contribution in [2.45, 2.75) is 27.2 Å². The van der Waals surface area contributed by atoms with Crippen molar-refractivity contribution in [1.82, 2.24) is 0 Å². The molecule has 0 bridgehead atoms. The number of rotatable bonds is 58. The van der Waals surface area contributed by atoms with Gasteiger partial charge in [-0.15, -0.1) is 0 Å². The number of hydrogen-bond acceptors (Lipinski definition) is 20. The Morgan fingerprint density at radius 2 is 0.492 bits per heavy atom. The second-order valence-corrected chi connectivity index (χ2v) is 13.7. The first-order chi connectivity index (χ1) is 32.1. The molecule has 0 unspecified atom stereocenters. The van der Waals surface area contributed by atoms with Gasteiger partial charge in [-0.3, -0.25) is 0 Å². The summed E-state index contributed by atoms with van der Waals surface area (Å²) >= 11 is 0. The number of hydrogen-bond donors (Lipinski definition) is 0. The van der Waals surface area contributed by atoms with E-state index in [4.69, 9.17) is 90.0 Å². The molecular weight excluding hydrogens is 860 g/mol. The monoisotopic (exact) mass is 949 g/mol. The molecule has 0 aromatic carbocycles. The maximum absolute atomic E-state index is 10.9. The van der Waals surface area contributed by atoms with Crippen LogP contribution in [0.2, 0.25) is 0 Å². The van der Waals surface area contributed by atoms with Gasteiger partial charge in [-0.25, -0.2) is 4.79 Å². The van der Waals surface area contributed by atoms with Gasteiger partial charge in [0, 0.05) is 24.7 Å². The first-order valence-electron chi connectivity index (χ1n) is 23.3. The molecule has 0 N–H and O–H groups in total. The highest BCUT2D eigenvalue weighted by molar-refractivity contribution is 5.81. The van der Waals surface area contributed by atoms with Crippen molar-refractivity contribution >= 4 is 5.97 Å². The van der Waals surface area contributed by atoms with E-state index in [1.807, 2.05) is 13.8 Å². The fourth-order valence-corrected chi connectivity index (χ4v) is 4.94. The molecule has 0 saturated carbocycles. The fraction of sp³-hybridized carbons (Fsp3) is 0.933. The molecular formula is C45H88O20. The minimum absolute atomic E-state index is 0.184. The molecule has 20 nitrogen and oxygen atoms in total. The van der Waals surface area contributed by atoms with Crippen molar-refractivity contribution in [2.75, 3.05) is 244 Å². The molecule has 0 radical (unpaired) electrons. The predicted octanol–water partition coefficient (Wildman–Crippen LogP) is 2.45. The summed E-state index contributed by atoms with van der Waals surface area (Å²) in [6.45, 7) is 27.0. The Hall–Kier alpha value is -1.51. The zero-order chi connectivity index (χ0) is 47.1. The van der Waals surface area contributed by atoms with Crippen molar-refractivity contribution < 1.29 is 94.8 Å². The van der Waals surface area contributed by atoms with Gasteiger partial charge in [-0.1, -0.05) is 13.5 Å². The van der Waals surface area contributed by atoms with Crippen LogP contribution in [-0.4, -0.2) is 250 Å². The van der Waals surface area contributed by atoms with Gasteiger partial charge in [0.05, 0.1) is 225 Å². The molecule has 0 atom stereocenters. The van der Waals surface area contributed by atoms with Gasteiger partial charge >= 0.3 is 5.97 Å². The van der Waals surface area contributed by atoms with Gasteiger partial charge in [-0.05, 0) is 20.3 Å². The van der Waals surface area contributed by atoms with Crippen molar-refractivity contribution in [1.29, 1.82) is 0 Å². The van der Waals surface area contributed by atoms with Crippen molar-refractivity contribution in [3.8, 4) is 0 Å². The third kappa shape index (κ3) is 50.2. The van der Waals surface area contributed by atoms with Crippen LogP contribution >= 0.6 is 0 Å². The number of carbonyl (C=O) groups excluding carboxylic acids is 1. The van der Waals surface area contributed by atoms with Gasteiger partial charge < -0.3 is 90.0 Å². The smallest absolute Gasteiger partial charge is 0.330 e. The van der Waals surface area contributed by atoms with Crippen LogP contribution in [0.3, 0.4) is 0 Å². The molecule has 0 rings (SSSR count). The van der Waals surface area contributed by atoms with E-state index in [1.165, 1.54) is 0 Å².